The van der Waals surface area contributed by atoms with Gasteiger partial charge in [0.15, 0.2) is 0 Å². The van der Waals surface area contributed by atoms with Crippen molar-refractivity contribution in [3.05, 3.63) is 0 Å². The Hall–Kier alpha value is -0.660. The Morgan fingerprint density at radius 3 is 2.25 bits per heavy atom. The molecule has 7 heteroatoms. The minimum atomic E-state index is -3.52. The molecule has 1 heterocycles. The summed E-state index contributed by atoms with van der Waals surface area (Å²) in [4.78, 5) is 10.7. The van der Waals surface area contributed by atoms with E-state index in [-0.39, 0.29) is 0 Å². The first-order chi connectivity index (χ1) is 7.34. The molecule has 16 heavy (non-hydrogen) atoms. The van der Waals surface area contributed by atoms with Gasteiger partial charge in [-0.25, -0.2) is 0 Å². The van der Waals surface area contributed by atoms with Crippen LogP contribution in [0.5, 0.6) is 0 Å². The third-order valence-electron chi connectivity index (χ3n) is 2.88. The zero-order valence-corrected chi connectivity index (χ0v) is 10.3. The molecule has 6 nitrogen and oxygen atoms in total. The lowest BCUT2D eigenvalue weighted by Crippen LogP contribution is -2.46. The second kappa shape index (κ2) is 5.11. The monoisotopic (exact) mass is 250 g/mol. The number of carboxylic acids is 1. The first kappa shape index (κ1) is 13.4. The van der Waals surface area contributed by atoms with E-state index in [0.717, 1.165) is 12.8 Å². The summed E-state index contributed by atoms with van der Waals surface area (Å²) in [6.07, 6.45) is 1.73. The van der Waals surface area contributed by atoms with Crippen LogP contribution in [-0.4, -0.2) is 42.9 Å². The summed E-state index contributed by atoms with van der Waals surface area (Å²) in [6.45, 7) is 4.08. The van der Waals surface area contributed by atoms with Crippen LogP contribution in [0.4, 0.5) is 0 Å². The van der Waals surface area contributed by atoms with E-state index in [2.05, 4.69) is 4.72 Å². The van der Waals surface area contributed by atoms with E-state index in [1.54, 1.807) is 6.92 Å². The lowest BCUT2D eigenvalue weighted by molar-refractivity contribution is -0.141. The summed E-state index contributed by atoms with van der Waals surface area (Å²) >= 11 is 0. The maximum absolute atomic E-state index is 11.8. The Morgan fingerprint density at radius 2 is 1.81 bits per heavy atom. The Kier molecular flexibility index (Phi) is 4.28. The molecule has 1 fully saturated rings. The SMILES string of the molecule is CC(NS(=O)(=O)N1CCCC1)C(C)C(=O)O. The van der Waals surface area contributed by atoms with Gasteiger partial charge in [0.2, 0.25) is 0 Å². The van der Waals surface area contributed by atoms with Gasteiger partial charge in [0, 0.05) is 19.1 Å². The van der Waals surface area contributed by atoms with Crippen LogP contribution in [0.15, 0.2) is 0 Å². The van der Waals surface area contributed by atoms with Crippen LogP contribution in [0.2, 0.25) is 0 Å². The predicted molar refractivity (Wildman–Crippen MR) is 59.1 cm³/mol. The van der Waals surface area contributed by atoms with Crippen molar-refractivity contribution in [2.24, 2.45) is 5.92 Å². The number of aliphatic carboxylic acids is 1. The molecule has 0 saturated carbocycles. The number of rotatable bonds is 5. The van der Waals surface area contributed by atoms with Crippen LogP contribution < -0.4 is 4.72 Å². The van der Waals surface area contributed by atoms with Crippen molar-refractivity contribution in [2.45, 2.75) is 32.7 Å². The van der Waals surface area contributed by atoms with E-state index in [9.17, 15) is 13.2 Å². The van der Waals surface area contributed by atoms with Crippen LogP contribution in [0.1, 0.15) is 26.7 Å². The fourth-order valence-electron chi connectivity index (χ4n) is 1.55. The maximum Gasteiger partial charge on any atom is 0.307 e. The molecule has 1 rings (SSSR count). The molecular formula is C9H18N2O4S. The van der Waals surface area contributed by atoms with E-state index in [0.29, 0.717) is 13.1 Å². The number of hydrogen-bond acceptors (Lipinski definition) is 3. The molecule has 1 saturated heterocycles. The van der Waals surface area contributed by atoms with Crippen molar-refractivity contribution < 1.29 is 18.3 Å². The van der Waals surface area contributed by atoms with Crippen LogP contribution >= 0.6 is 0 Å². The Bertz CT molecular complexity index is 349. The Labute approximate surface area is 95.8 Å². The highest BCUT2D eigenvalue weighted by Crippen LogP contribution is 2.13. The van der Waals surface area contributed by atoms with Crippen molar-refractivity contribution in [1.82, 2.24) is 9.03 Å². The molecule has 0 bridgehead atoms. The number of carboxylic acid groups (broad SMARTS) is 1. The molecule has 0 aromatic carbocycles. The lowest BCUT2D eigenvalue weighted by Gasteiger charge is -2.22. The summed E-state index contributed by atoms with van der Waals surface area (Å²) < 4.78 is 27.3. The highest BCUT2D eigenvalue weighted by Gasteiger charge is 2.29. The summed E-state index contributed by atoms with van der Waals surface area (Å²) in [5, 5.41) is 8.77. The fourth-order valence-corrected chi connectivity index (χ4v) is 3.12. The standard InChI is InChI=1S/C9H18N2O4S/c1-7(9(12)13)8(2)10-16(14,15)11-5-3-4-6-11/h7-8,10H,3-6H2,1-2H3,(H,12,13). The van der Waals surface area contributed by atoms with E-state index < -0.39 is 28.1 Å². The van der Waals surface area contributed by atoms with Crippen molar-refractivity contribution in [3.63, 3.8) is 0 Å². The highest BCUT2D eigenvalue weighted by atomic mass is 32.2. The van der Waals surface area contributed by atoms with E-state index in [1.165, 1.54) is 11.2 Å². The molecule has 0 aliphatic carbocycles. The third kappa shape index (κ3) is 3.16. The van der Waals surface area contributed by atoms with E-state index in [1.807, 2.05) is 0 Å². The van der Waals surface area contributed by atoms with Crippen molar-refractivity contribution in [3.8, 4) is 0 Å². The number of carbonyl (C=O) groups is 1. The second-order valence-electron chi connectivity index (χ2n) is 4.14. The van der Waals surface area contributed by atoms with Crippen molar-refractivity contribution >= 4 is 16.2 Å². The van der Waals surface area contributed by atoms with Gasteiger partial charge in [-0.3, -0.25) is 4.79 Å². The molecule has 2 N–H and O–H groups in total. The van der Waals surface area contributed by atoms with E-state index >= 15 is 0 Å². The van der Waals surface area contributed by atoms with Gasteiger partial charge < -0.3 is 5.11 Å². The van der Waals surface area contributed by atoms with Crippen molar-refractivity contribution in [2.75, 3.05) is 13.1 Å². The normalized spacial score (nSPS) is 21.9. The van der Waals surface area contributed by atoms with E-state index in [4.69, 9.17) is 5.11 Å². The number of hydrogen-bond donors (Lipinski definition) is 2. The number of nitrogens with one attached hydrogen (secondary N) is 1. The zero-order chi connectivity index (χ0) is 12.3. The molecule has 0 radical (unpaired) electrons. The second-order valence-corrected chi connectivity index (χ2v) is 5.85. The molecular weight excluding hydrogens is 232 g/mol. The van der Waals surface area contributed by atoms with Crippen LogP contribution in [0.25, 0.3) is 0 Å². The first-order valence-electron chi connectivity index (χ1n) is 5.35. The molecule has 2 atom stereocenters. The maximum atomic E-state index is 11.8. The van der Waals surface area contributed by atoms with Gasteiger partial charge in [0.05, 0.1) is 5.92 Å². The molecule has 94 valence electrons. The minimum Gasteiger partial charge on any atom is -0.481 e. The summed E-state index contributed by atoms with van der Waals surface area (Å²) in [7, 11) is -3.52. The quantitative estimate of drug-likeness (QED) is 0.720. The minimum absolute atomic E-state index is 0.517. The molecule has 0 aromatic rings. The number of nitrogens with zero attached hydrogens (tertiary/aromatic N) is 1. The van der Waals surface area contributed by atoms with Gasteiger partial charge in [-0.1, -0.05) is 6.92 Å². The molecule has 0 amide bonds. The van der Waals surface area contributed by atoms with Gasteiger partial charge in [-0.05, 0) is 19.8 Å². The van der Waals surface area contributed by atoms with Crippen LogP contribution in [0.3, 0.4) is 0 Å². The van der Waals surface area contributed by atoms with Gasteiger partial charge >= 0.3 is 5.97 Å². The topological polar surface area (TPSA) is 86.7 Å². The summed E-state index contributed by atoms with van der Waals surface area (Å²) in [5.41, 5.74) is 0. The van der Waals surface area contributed by atoms with Gasteiger partial charge in [-0.15, -0.1) is 0 Å². The molecule has 2 unspecified atom stereocenters. The largest absolute Gasteiger partial charge is 0.481 e. The molecule has 1 aliphatic heterocycles. The first-order valence-corrected chi connectivity index (χ1v) is 6.79. The molecule has 1 aliphatic rings. The van der Waals surface area contributed by atoms with Crippen LogP contribution in [-0.2, 0) is 15.0 Å². The lowest BCUT2D eigenvalue weighted by atomic mass is 10.1. The van der Waals surface area contributed by atoms with Gasteiger partial charge in [0.25, 0.3) is 10.2 Å². The Balaban J connectivity index is 2.61. The average molecular weight is 250 g/mol. The highest BCUT2D eigenvalue weighted by molar-refractivity contribution is 7.87. The van der Waals surface area contributed by atoms with Gasteiger partial charge in [-0.2, -0.15) is 17.4 Å². The van der Waals surface area contributed by atoms with Crippen molar-refractivity contribution in [1.29, 1.82) is 0 Å². The zero-order valence-electron chi connectivity index (χ0n) is 9.51. The predicted octanol–water partition coefficient (Wildman–Crippen LogP) is 0.0258. The van der Waals surface area contributed by atoms with Crippen LogP contribution in [0, 0.1) is 5.92 Å². The fraction of sp³-hybridized carbons (Fsp3) is 0.889. The molecule has 0 aromatic heterocycles. The Morgan fingerprint density at radius 1 is 1.31 bits per heavy atom. The average Bonchev–Trinajstić information content (AvgIpc) is 2.68. The van der Waals surface area contributed by atoms with Gasteiger partial charge in [0.1, 0.15) is 0 Å². The summed E-state index contributed by atoms with van der Waals surface area (Å²) in [6, 6.07) is -0.608. The smallest absolute Gasteiger partial charge is 0.307 e. The summed E-state index contributed by atoms with van der Waals surface area (Å²) in [5.74, 6) is -1.74. The third-order valence-corrected chi connectivity index (χ3v) is 4.59. The molecule has 0 spiro atoms.